The van der Waals surface area contributed by atoms with Crippen LogP contribution in [0, 0.1) is 24.1 Å². The molecule has 1 aliphatic rings. The maximum atomic E-state index is 14.0. The topological polar surface area (TPSA) is 96.7 Å². The SMILES string of the molecule is Cc1cc(F)ccc1-c1sc(CN2CCN(CCCC(=O)O)CC2)c(C#N)c1NCC(=O)C(C)(C)c1cc(C(F)(F)F)cc(C(F)(F)F)c1. The number of aryl methyl sites for hydroxylation is 1. The minimum atomic E-state index is -5.09. The number of carboxylic acids is 1. The largest absolute Gasteiger partial charge is 0.481 e. The molecule has 0 spiro atoms. The molecule has 0 unspecified atom stereocenters. The van der Waals surface area contributed by atoms with Gasteiger partial charge in [0, 0.05) is 44.0 Å². The van der Waals surface area contributed by atoms with Crippen molar-refractivity contribution in [3.8, 4) is 16.5 Å². The number of nitrogens with zero attached hydrogens (tertiary/aromatic N) is 3. The first-order chi connectivity index (χ1) is 22.8. The Balaban J connectivity index is 1.63. The van der Waals surface area contributed by atoms with E-state index in [1.165, 1.54) is 43.4 Å². The predicted molar refractivity (Wildman–Crippen MR) is 171 cm³/mol. The molecule has 7 nitrogen and oxygen atoms in total. The van der Waals surface area contributed by atoms with Crippen LogP contribution in [0.15, 0.2) is 36.4 Å². The summed E-state index contributed by atoms with van der Waals surface area (Å²) in [6.07, 6.45) is -9.56. The van der Waals surface area contributed by atoms with Crippen LogP contribution in [0.5, 0.6) is 0 Å². The van der Waals surface area contributed by atoms with Gasteiger partial charge in [0.15, 0.2) is 5.78 Å². The number of Topliss-reactive ketones (excluding diaryl/α,β-unsaturated/α-hetero) is 1. The molecular weight excluding hydrogens is 677 g/mol. The van der Waals surface area contributed by atoms with Crippen molar-refractivity contribution in [2.24, 2.45) is 0 Å². The minimum absolute atomic E-state index is 0.00499. The second kappa shape index (κ2) is 14.9. The van der Waals surface area contributed by atoms with Crippen molar-refractivity contribution >= 4 is 28.8 Å². The van der Waals surface area contributed by atoms with Gasteiger partial charge in [-0.15, -0.1) is 11.3 Å². The number of aliphatic carboxylic acids is 1. The van der Waals surface area contributed by atoms with Crippen LogP contribution in [0.2, 0.25) is 0 Å². The van der Waals surface area contributed by atoms with E-state index in [0.29, 0.717) is 78.7 Å². The fourth-order valence-corrected chi connectivity index (χ4v) is 7.00. The van der Waals surface area contributed by atoms with Crippen LogP contribution >= 0.6 is 11.3 Å². The highest BCUT2D eigenvalue weighted by Crippen LogP contribution is 2.43. The lowest BCUT2D eigenvalue weighted by molar-refractivity contribution is -0.143. The number of alkyl halides is 6. The Labute approximate surface area is 282 Å². The normalized spacial score (nSPS) is 14.9. The van der Waals surface area contributed by atoms with Crippen molar-refractivity contribution in [2.45, 2.75) is 57.9 Å². The Kier molecular flexibility index (Phi) is 11.5. The first kappa shape index (κ1) is 37.8. The van der Waals surface area contributed by atoms with Crippen LogP contribution in [0.1, 0.15) is 59.4 Å². The molecule has 1 aliphatic heterocycles. The summed E-state index contributed by atoms with van der Waals surface area (Å²) in [6, 6.07) is 7.37. The molecule has 49 heavy (non-hydrogen) atoms. The zero-order valence-corrected chi connectivity index (χ0v) is 27.8. The van der Waals surface area contributed by atoms with E-state index in [4.69, 9.17) is 5.11 Å². The Bertz CT molecular complexity index is 1700. The van der Waals surface area contributed by atoms with Crippen LogP contribution in [-0.4, -0.2) is 65.9 Å². The van der Waals surface area contributed by atoms with Crippen LogP contribution in [-0.2, 0) is 33.9 Å². The molecule has 0 saturated carbocycles. The smallest absolute Gasteiger partial charge is 0.416 e. The number of carbonyl (C=O) groups excluding carboxylic acids is 1. The van der Waals surface area contributed by atoms with Crippen LogP contribution in [0.25, 0.3) is 10.4 Å². The van der Waals surface area contributed by atoms with Gasteiger partial charge in [0.2, 0.25) is 0 Å². The van der Waals surface area contributed by atoms with Crippen LogP contribution < -0.4 is 5.32 Å². The van der Waals surface area contributed by atoms with Gasteiger partial charge >= 0.3 is 18.3 Å². The lowest BCUT2D eigenvalue weighted by Crippen LogP contribution is -2.46. The van der Waals surface area contributed by atoms with Gasteiger partial charge in [0.25, 0.3) is 0 Å². The van der Waals surface area contributed by atoms with E-state index in [-0.39, 0.29) is 23.7 Å². The summed E-state index contributed by atoms with van der Waals surface area (Å²) in [4.78, 5) is 29.9. The number of nitriles is 1. The van der Waals surface area contributed by atoms with Crippen LogP contribution in [0.3, 0.4) is 0 Å². The van der Waals surface area contributed by atoms with Gasteiger partial charge in [-0.1, -0.05) is 6.07 Å². The summed E-state index contributed by atoms with van der Waals surface area (Å²) in [5.74, 6) is -2.06. The van der Waals surface area contributed by atoms with Crippen LogP contribution in [0.4, 0.5) is 36.4 Å². The molecule has 0 radical (unpaired) electrons. The van der Waals surface area contributed by atoms with E-state index < -0.39 is 58.6 Å². The van der Waals surface area contributed by atoms with Crippen molar-refractivity contribution in [3.05, 3.63) is 74.9 Å². The molecule has 0 aliphatic carbocycles. The maximum absolute atomic E-state index is 14.0. The number of nitrogens with one attached hydrogen (secondary N) is 1. The highest BCUT2D eigenvalue weighted by atomic mass is 32.1. The monoisotopic (exact) mass is 712 g/mol. The maximum Gasteiger partial charge on any atom is 0.416 e. The van der Waals surface area contributed by atoms with Crippen molar-refractivity contribution < 1.29 is 45.4 Å². The highest BCUT2D eigenvalue weighted by molar-refractivity contribution is 7.16. The molecule has 0 amide bonds. The fraction of sp³-hybridized carbons (Fsp3) is 0.441. The third-order valence-electron chi connectivity index (χ3n) is 8.66. The van der Waals surface area contributed by atoms with Gasteiger partial charge in [-0.3, -0.25) is 14.5 Å². The minimum Gasteiger partial charge on any atom is -0.481 e. The molecule has 2 N–H and O–H groups in total. The Morgan fingerprint density at radius 3 is 2.04 bits per heavy atom. The standard InChI is InChI=1S/C34H35F7N4O3S/c1-20-13-24(35)6-7-25(20)31-30(26(17-42)27(49-31)19-45-11-9-44(10-12-45)8-4-5-29(47)48)43-18-28(46)32(2,3)21-14-22(33(36,37)38)16-23(15-21)34(39,40)41/h6-7,13-16,43H,4-5,8-12,18-19H2,1-3H3,(H,47,48). The fourth-order valence-electron chi connectivity index (χ4n) is 5.64. The van der Waals surface area contributed by atoms with Crippen molar-refractivity contribution in [3.63, 3.8) is 0 Å². The zero-order chi connectivity index (χ0) is 36.3. The molecule has 3 aromatic rings. The van der Waals surface area contributed by atoms with Crippen molar-refractivity contribution in [1.29, 1.82) is 5.26 Å². The van der Waals surface area contributed by atoms with Crippen molar-refractivity contribution in [1.82, 2.24) is 9.80 Å². The highest BCUT2D eigenvalue weighted by Gasteiger charge is 2.40. The van der Waals surface area contributed by atoms with E-state index in [2.05, 4.69) is 21.2 Å². The number of anilines is 1. The Morgan fingerprint density at radius 2 is 1.51 bits per heavy atom. The summed E-state index contributed by atoms with van der Waals surface area (Å²) in [7, 11) is 0. The first-order valence-electron chi connectivity index (χ1n) is 15.4. The predicted octanol–water partition coefficient (Wildman–Crippen LogP) is 7.71. The van der Waals surface area contributed by atoms with Gasteiger partial charge in [-0.05, 0) is 80.8 Å². The summed E-state index contributed by atoms with van der Waals surface area (Å²) >= 11 is 1.27. The first-order valence-corrected chi connectivity index (χ1v) is 16.2. The summed E-state index contributed by atoms with van der Waals surface area (Å²) in [5.41, 5.74) is -3.72. The molecule has 1 fully saturated rings. The quantitative estimate of drug-likeness (QED) is 0.186. The van der Waals surface area contributed by atoms with Gasteiger partial charge in [-0.25, -0.2) is 4.39 Å². The number of hydrogen-bond acceptors (Lipinski definition) is 7. The lowest BCUT2D eigenvalue weighted by atomic mass is 9.79. The number of carbonyl (C=O) groups is 2. The number of carboxylic acid groups (broad SMARTS) is 1. The zero-order valence-electron chi connectivity index (χ0n) is 27.0. The second-order valence-corrected chi connectivity index (χ2v) is 13.6. The summed E-state index contributed by atoms with van der Waals surface area (Å²) in [5, 5.41) is 22.1. The van der Waals surface area contributed by atoms with E-state index in [0.717, 1.165) is 0 Å². The number of ketones is 1. The van der Waals surface area contributed by atoms with Gasteiger partial charge in [-0.2, -0.15) is 31.6 Å². The van der Waals surface area contributed by atoms with E-state index in [1.54, 1.807) is 6.92 Å². The number of hydrogen-bond donors (Lipinski definition) is 2. The second-order valence-electron chi connectivity index (χ2n) is 12.5. The molecule has 2 aromatic carbocycles. The molecule has 0 bridgehead atoms. The third-order valence-corrected chi connectivity index (χ3v) is 9.86. The Morgan fingerprint density at radius 1 is 0.939 bits per heavy atom. The van der Waals surface area contributed by atoms with Gasteiger partial charge < -0.3 is 15.3 Å². The average Bonchev–Trinajstić information content (AvgIpc) is 3.35. The summed E-state index contributed by atoms with van der Waals surface area (Å²) < 4.78 is 95.4. The Hall–Kier alpha value is -4.00. The number of benzene rings is 2. The molecule has 264 valence electrons. The van der Waals surface area contributed by atoms with Gasteiger partial charge in [0.05, 0.1) is 39.2 Å². The lowest BCUT2D eigenvalue weighted by Gasteiger charge is -2.34. The molecule has 1 aromatic heterocycles. The van der Waals surface area contributed by atoms with E-state index in [9.17, 15) is 45.6 Å². The molecule has 2 heterocycles. The third kappa shape index (κ3) is 9.17. The number of rotatable bonds is 12. The van der Waals surface area contributed by atoms with Gasteiger partial charge in [0.1, 0.15) is 11.9 Å². The average molecular weight is 713 g/mol. The summed E-state index contributed by atoms with van der Waals surface area (Å²) in [6.45, 7) is 7.32. The number of thiophene rings is 1. The molecule has 4 rings (SSSR count). The molecule has 15 heteroatoms. The number of halogens is 7. The number of piperazine rings is 1. The van der Waals surface area contributed by atoms with E-state index in [1.807, 2.05) is 0 Å². The molecule has 0 atom stereocenters. The van der Waals surface area contributed by atoms with Crippen molar-refractivity contribution in [2.75, 3.05) is 44.6 Å². The molecule has 1 saturated heterocycles. The van der Waals surface area contributed by atoms with E-state index >= 15 is 0 Å². The molecular formula is C34H35F7N4O3S.